The number of imidazole rings is 2. The first-order valence-electron chi connectivity index (χ1n) is 12.4. The lowest BCUT2D eigenvalue weighted by atomic mass is 10.1. The van der Waals surface area contributed by atoms with Crippen LogP contribution in [-0.4, -0.2) is 36.7 Å². The highest BCUT2D eigenvalue weighted by atomic mass is 35.5. The zero-order chi connectivity index (χ0) is 27.5. The van der Waals surface area contributed by atoms with Crippen LogP contribution in [0.5, 0.6) is 5.75 Å². The second-order valence-corrected chi connectivity index (χ2v) is 9.65. The number of carboxylic acids is 1. The number of aryl methyl sites for hydroxylation is 1. The topological polar surface area (TPSA) is 93.0 Å². The quantitative estimate of drug-likeness (QED) is 0.208. The highest BCUT2D eigenvalue weighted by Gasteiger charge is 2.17. The number of nitrogens with one attached hydrogen (secondary N) is 1. The molecule has 9 heteroatoms. The Balaban J connectivity index is 1.42. The van der Waals surface area contributed by atoms with Crippen molar-refractivity contribution in [2.24, 2.45) is 0 Å². The van der Waals surface area contributed by atoms with Crippen molar-refractivity contribution >= 4 is 40.2 Å². The highest BCUT2D eigenvalue weighted by molar-refractivity contribution is 6.36. The average molecular weight is 559 g/mol. The molecule has 0 aliphatic heterocycles. The van der Waals surface area contributed by atoms with Crippen molar-refractivity contribution in [2.45, 2.75) is 32.9 Å². The summed E-state index contributed by atoms with van der Waals surface area (Å²) in [6.07, 6.45) is 1.42. The fourth-order valence-electron chi connectivity index (χ4n) is 4.13. The van der Waals surface area contributed by atoms with Crippen LogP contribution in [0.1, 0.15) is 31.4 Å². The van der Waals surface area contributed by atoms with Gasteiger partial charge in [0.15, 0.2) is 17.8 Å². The van der Waals surface area contributed by atoms with Crippen molar-refractivity contribution in [2.75, 3.05) is 0 Å². The third-order valence-electron chi connectivity index (χ3n) is 6.13. The Kier molecular flexibility index (Phi) is 7.60. The number of aromatic nitrogens is 4. The molecule has 2 N–H and O–H groups in total. The Hall–Kier alpha value is -4.25. The van der Waals surface area contributed by atoms with Crippen molar-refractivity contribution in [3.8, 4) is 40.5 Å². The standard InChI is InChI=1S/C30H24Cl2N4O3/c1-3-27(30(37)38)39-21-7-5-6-18(14-21)8-9-19-10-13-24-25(15-19)34-28(33-24)29-35-26(17-36(29)4-2)22-12-11-20(31)16-23(22)32/h5-7,10-17,27H,3-4H2,1-2H3,(H,33,34)(H,37,38). The van der Waals surface area contributed by atoms with Gasteiger partial charge in [-0.2, -0.15) is 0 Å². The molecule has 0 spiro atoms. The van der Waals surface area contributed by atoms with Gasteiger partial charge in [0.1, 0.15) is 5.75 Å². The van der Waals surface area contributed by atoms with E-state index in [1.165, 1.54) is 0 Å². The Morgan fingerprint density at radius 1 is 1.05 bits per heavy atom. The Morgan fingerprint density at radius 2 is 1.85 bits per heavy atom. The summed E-state index contributed by atoms with van der Waals surface area (Å²) in [6, 6.07) is 18.2. The molecule has 1 atom stereocenters. The molecule has 196 valence electrons. The van der Waals surface area contributed by atoms with Crippen LogP contribution in [0.15, 0.2) is 66.9 Å². The van der Waals surface area contributed by atoms with Gasteiger partial charge in [0.05, 0.1) is 21.7 Å². The molecule has 5 rings (SSSR count). The number of rotatable bonds is 7. The van der Waals surface area contributed by atoms with Crippen molar-refractivity contribution in [1.29, 1.82) is 0 Å². The lowest BCUT2D eigenvalue weighted by molar-refractivity contribution is -0.145. The molecule has 1 unspecified atom stereocenters. The maximum atomic E-state index is 11.3. The van der Waals surface area contributed by atoms with Crippen LogP contribution in [0.4, 0.5) is 0 Å². The molecule has 5 aromatic rings. The number of H-pyrrole nitrogens is 1. The maximum Gasteiger partial charge on any atom is 0.344 e. The molecule has 2 heterocycles. The van der Waals surface area contributed by atoms with Gasteiger partial charge in [0.2, 0.25) is 0 Å². The minimum absolute atomic E-state index is 0.367. The SMILES string of the molecule is CCC(Oc1cccc(C#Cc2ccc3nc(-c4nc(-c5ccc(Cl)cc5Cl)cn4CC)[nH]c3c2)c1)C(=O)O. The van der Waals surface area contributed by atoms with Crippen LogP contribution < -0.4 is 4.74 Å². The van der Waals surface area contributed by atoms with Gasteiger partial charge >= 0.3 is 5.97 Å². The molecule has 39 heavy (non-hydrogen) atoms. The molecule has 0 saturated heterocycles. The van der Waals surface area contributed by atoms with Gasteiger partial charge in [0, 0.05) is 34.5 Å². The molecule has 3 aromatic carbocycles. The number of ether oxygens (including phenoxy) is 1. The van der Waals surface area contributed by atoms with Gasteiger partial charge in [-0.1, -0.05) is 48.0 Å². The summed E-state index contributed by atoms with van der Waals surface area (Å²) in [7, 11) is 0. The number of nitrogens with zero attached hydrogens (tertiary/aromatic N) is 3. The van der Waals surface area contributed by atoms with E-state index in [-0.39, 0.29) is 0 Å². The van der Waals surface area contributed by atoms with Gasteiger partial charge in [-0.25, -0.2) is 14.8 Å². The Morgan fingerprint density at radius 3 is 2.56 bits per heavy atom. The fourth-order valence-corrected chi connectivity index (χ4v) is 4.64. The molecular weight excluding hydrogens is 535 g/mol. The van der Waals surface area contributed by atoms with E-state index in [0.717, 1.165) is 33.4 Å². The second-order valence-electron chi connectivity index (χ2n) is 8.81. The molecule has 0 fully saturated rings. The summed E-state index contributed by atoms with van der Waals surface area (Å²) in [5.74, 6) is 7.10. The predicted molar refractivity (Wildman–Crippen MR) is 153 cm³/mol. The predicted octanol–water partition coefficient (Wildman–Crippen LogP) is 7.06. The molecule has 0 radical (unpaired) electrons. The number of aromatic amines is 1. The van der Waals surface area contributed by atoms with Crippen molar-refractivity contribution in [1.82, 2.24) is 19.5 Å². The smallest absolute Gasteiger partial charge is 0.344 e. The zero-order valence-corrected chi connectivity index (χ0v) is 22.7. The molecule has 0 bridgehead atoms. The normalized spacial score (nSPS) is 11.7. The third-order valence-corrected chi connectivity index (χ3v) is 6.68. The number of hydrogen-bond donors (Lipinski definition) is 2. The van der Waals surface area contributed by atoms with Crippen LogP contribution in [0.3, 0.4) is 0 Å². The van der Waals surface area contributed by atoms with E-state index in [4.69, 9.17) is 37.9 Å². The van der Waals surface area contributed by atoms with E-state index in [9.17, 15) is 9.90 Å². The summed E-state index contributed by atoms with van der Waals surface area (Å²) in [5, 5.41) is 10.3. The summed E-state index contributed by atoms with van der Waals surface area (Å²) < 4.78 is 7.59. The van der Waals surface area contributed by atoms with Crippen LogP contribution in [-0.2, 0) is 11.3 Å². The molecule has 0 amide bonds. The summed E-state index contributed by atoms with van der Waals surface area (Å²) >= 11 is 12.5. The third kappa shape index (κ3) is 5.78. The Labute approximate surface area is 235 Å². The number of halogens is 2. The highest BCUT2D eigenvalue weighted by Crippen LogP contribution is 2.32. The fraction of sp³-hybridized carbons (Fsp3) is 0.167. The lowest BCUT2D eigenvalue weighted by Gasteiger charge is -2.12. The van der Waals surface area contributed by atoms with E-state index in [0.29, 0.717) is 40.4 Å². The van der Waals surface area contributed by atoms with Gasteiger partial charge in [-0.05, 0) is 67.9 Å². The van der Waals surface area contributed by atoms with Gasteiger partial charge in [0.25, 0.3) is 0 Å². The first-order chi connectivity index (χ1) is 18.8. The molecule has 2 aromatic heterocycles. The van der Waals surface area contributed by atoms with Crippen LogP contribution in [0.2, 0.25) is 10.0 Å². The van der Waals surface area contributed by atoms with Gasteiger partial charge < -0.3 is 19.4 Å². The number of carbonyl (C=O) groups is 1. The first kappa shape index (κ1) is 26.4. The summed E-state index contributed by atoms with van der Waals surface area (Å²) in [6.45, 7) is 4.51. The second kappa shape index (κ2) is 11.2. The molecule has 0 aliphatic carbocycles. The van der Waals surface area contributed by atoms with E-state index < -0.39 is 12.1 Å². The van der Waals surface area contributed by atoms with E-state index in [1.807, 2.05) is 48.0 Å². The zero-order valence-electron chi connectivity index (χ0n) is 21.2. The van der Waals surface area contributed by atoms with Crippen molar-refractivity contribution in [3.05, 3.63) is 88.0 Å². The lowest BCUT2D eigenvalue weighted by Crippen LogP contribution is -2.25. The van der Waals surface area contributed by atoms with Crippen LogP contribution in [0, 0.1) is 11.8 Å². The Bertz CT molecular complexity index is 1750. The van der Waals surface area contributed by atoms with Crippen molar-refractivity contribution < 1.29 is 14.6 Å². The van der Waals surface area contributed by atoms with Crippen molar-refractivity contribution in [3.63, 3.8) is 0 Å². The monoisotopic (exact) mass is 558 g/mol. The molecule has 0 saturated carbocycles. The van der Waals surface area contributed by atoms with Crippen LogP contribution >= 0.6 is 23.2 Å². The first-order valence-corrected chi connectivity index (χ1v) is 13.1. The van der Waals surface area contributed by atoms with E-state index >= 15 is 0 Å². The minimum Gasteiger partial charge on any atom is -0.479 e. The van der Waals surface area contributed by atoms with Gasteiger partial charge in [-0.15, -0.1) is 0 Å². The van der Waals surface area contributed by atoms with Gasteiger partial charge in [-0.3, -0.25) is 0 Å². The van der Waals surface area contributed by atoms with E-state index in [2.05, 4.69) is 16.8 Å². The summed E-state index contributed by atoms with van der Waals surface area (Å²) in [5.41, 5.74) is 4.68. The minimum atomic E-state index is -0.993. The molecular formula is C30H24Cl2N4O3. The van der Waals surface area contributed by atoms with Crippen LogP contribution in [0.25, 0.3) is 33.9 Å². The van der Waals surface area contributed by atoms with E-state index in [1.54, 1.807) is 37.3 Å². The molecule has 0 aliphatic rings. The number of aliphatic carboxylic acids is 1. The number of hydrogen-bond acceptors (Lipinski definition) is 4. The maximum absolute atomic E-state index is 11.3. The average Bonchev–Trinajstić information content (AvgIpc) is 3.54. The number of fused-ring (bicyclic) bond motifs is 1. The molecule has 7 nitrogen and oxygen atoms in total. The summed E-state index contributed by atoms with van der Waals surface area (Å²) in [4.78, 5) is 24.2. The largest absolute Gasteiger partial charge is 0.479 e. The number of carboxylic acid groups (broad SMARTS) is 1. The number of benzene rings is 3.